The summed E-state index contributed by atoms with van der Waals surface area (Å²) in [6, 6.07) is 13.4. The van der Waals surface area contributed by atoms with E-state index in [9.17, 15) is 0 Å². The predicted octanol–water partition coefficient (Wildman–Crippen LogP) is 5.83. The highest BCUT2D eigenvalue weighted by Gasteiger charge is 2.31. The van der Waals surface area contributed by atoms with Gasteiger partial charge in [-0.2, -0.15) is 5.10 Å². The van der Waals surface area contributed by atoms with Crippen molar-refractivity contribution < 1.29 is 0 Å². The van der Waals surface area contributed by atoms with Crippen LogP contribution in [0, 0.1) is 5.92 Å². The Morgan fingerprint density at radius 1 is 0.952 bits per heavy atom. The first-order chi connectivity index (χ1) is 10.1. The molecular formula is C16H13Cl3N2. The van der Waals surface area contributed by atoms with Gasteiger partial charge in [-0.3, -0.25) is 5.01 Å². The van der Waals surface area contributed by atoms with Crippen LogP contribution < -0.4 is 5.01 Å². The van der Waals surface area contributed by atoms with Crippen molar-refractivity contribution in [3.8, 4) is 0 Å². The van der Waals surface area contributed by atoms with Crippen LogP contribution in [-0.2, 0) is 0 Å². The fraction of sp³-hybridized carbons (Fsp3) is 0.188. The van der Waals surface area contributed by atoms with Gasteiger partial charge in [0, 0.05) is 22.2 Å². The van der Waals surface area contributed by atoms with Crippen molar-refractivity contribution in [1.29, 1.82) is 0 Å². The van der Waals surface area contributed by atoms with Crippen LogP contribution in [0.3, 0.4) is 0 Å². The molecule has 1 aliphatic rings. The molecule has 0 aromatic heterocycles. The van der Waals surface area contributed by atoms with Gasteiger partial charge in [-0.05, 0) is 35.9 Å². The molecule has 0 unspecified atom stereocenters. The first-order valence-electron chi connectivity index (χ1n) is 6.60. The fourth-order valence-electron chi connectivity index (χ4n) is 2.54. The van der Waals surface area contributed by atoms with E-state index in [1.807, 2.05) is 47.6 Å². The minimum absolute atomic E-state index is 0.0981. The van der Waals surface area contributed by atoms with Gasteiger partial charge in [-0.1, -0.05) is 53.9 Å². The van der Waals surface area contributed by atoms with Crippen LogP contribution in [0.2, 0.25) is 15.1 Å². The van der Waals surface area contributed by atoms with E-state index in [-0.39, 0.29) is 12.0 Å². The number of rotatable bonds is 2. The zero-order valence-electron chi connectivity index (χ0n) is 11.3. The maximum Gasteiger partial charge on any atom is 0.0851 e. The Bertz CT molecular complexity index is 682. The van der Waals surface area contributed by atoms with Crippen LogP contribution in [0.15, 0.2) is 47.6 Å². The van der Waals surface area contributed by atoms with Crippen molar-refractivity contribution in [1.82, 2.24) is 0 Å². The van der Waals surface area contributed by atoms with Crippen molar-refractivity contribution in [3.05, 3.63) is 63.1 Å². The van der Waals surface area contributed by atoms with Crippen LogP contribution in [0.4, 0.5) is 5.69 Å². The summed E-state index contributed by atoms with van der Waals surface area (Å²) in [7, 11) is 0. The quantitative estimate of drug-likeness (QED) is 0.672. The molecule has 0 fully saturated rings. The lowest BCUT2D eigenvalue weighted by atomic mass is 9.96. The lowest BCUT2D eigenvalue weighted by Crippen LogP contribution is -2.23. The Kier molecular flexibility index (Phi) is 4.12. The zero-order valence-corrected chi connectivity index (χ0v) is 13.6. The van der Waals surface area contributed by atoms with E-state index in [1.54, 1.807) is 6.07 Å². The molecule has 0 N–H and O–H groups in total. The topological polar surface area (TPSA) is 15.6 Å². The van der Waals surface area contributed by atoms with Crippen molar-refractivity contribution in [2.75, 3.05) is 5.01 Å². The van der Waals surface area contributed by atoms with Gasteiger partial charge in [-0.15, -0.1) is 0 Å². The molecule has 3 rings (SSSR count). The smallest absolute Gasteiger partial charge is 0.0851 e. The van der Waals surface area contributed by atoms with Crippen LogP contribution >= 0.6 is 34.8 Å². The third-order valence-electron chi connectivity index (χ3n) is 3.56. The highest BCUT2D eigenvalue weighted by Crippen LogP contribution is 2.40. The molecular weight excluding hydrogens is 327 g/mol. The van der Waals surface area contributed by atoms with Crippen molar-refractivity contribution in [3.63, 3.8) is 0 Å². The second-order valence-electron chi connectivity index (χ2n) is 5.06. The van der Waals surface area contributed by atoms with Gasteiger partial charge >= 0.3 is 0 Å². The monoisotopic (exact) mass is 338 g/mol. The van der Waals surface area contributed by atoms with E-state index in [2.05, 4.69) is 12.0 Å². The first kappa shape index (κ1) is 14.7. The molecule has 0 radical (unpaired) electrons. The molecule has 1 aliphatic heterocycles. The molecule has 0 spiro atoms. The van der Waals surface area contributed by atoms with Gasteiger partial charge in [0.25, 0.3) is 0 Å². The summed E-state index contributed by atoms with van der Waals surface area (Å²) in [5.74, 6) is 0.276. The average Bonchev–Trinajstić information content (AvgIpc) is 2.82. The molecule has 0 saturated heterocycles. The highest BCUT2D eigenvalue weighted by atomic mass is 35.5. The fourth-order valence-corrected chi connectivity index (χ4v) is 3.16. The Labute approximate surface area is 138 Å². The van der Waals surface area contributed by atoms with E-state index in [4.69, 9.17) is 34.8 Å². The Hall–Kier alpha value is -1.22. The molecule has 5 heteroatoms. The van der Waals surface area contributed by atoms with E-state index >= 15 is 0 Å². The maximum atomic E-state index is 6.31. The van der Waals surface area contributed by atoms with Gasteiger partial charge in [0.15, 0.2) is 0 Å². The normalized spacial score (nSPS) is 21.0. The summed E-state index contributed by atoms with van der Waals surface area (Å²) in [6.07, 6.45) is 1.93. The standard InChI is InChI=1S/C16H13Cl3N2/c1-10-9-20-21(15-7-6-13(18)8-14(15)19)16(10)11-2-4-12(17)5-3-11/h2-10,16H,1H3/t10-,16+/m1/s1. The molecule has 2 aromatic carbocycles. The second-order valence-corrected chi connectivity index (χ2v) is 6.34. The number of hydrogen-bond acceptors (Lipinski definition) is 2. The van der Waals surface area contributed by atoms with Crippen LogP contribution in [0.25, 0.3) is 0 Å². The van der Waals surface area contributed by atoms with Crippen molar-refractivity contribution in [2.45, 2.75) is 13.0 Å². The van der Waals surface area contributed by atoms with Crippen molar-refractivity contribution in [2.24, 2.45) is 11.0 Å². The van der Waals surface area contributed by atoms with E-state index in [0.29, 0.717) is 10.0 Å². The number of hydrazone groups is 1. The number of benzene rings is 2. The number of nitrogens with zero attached hydrogens (tertiary/aromatic N) is 2. The summed E-state index contributed by atoms with van der Waals surface area (Å²) in [4.78, 5) is 0. The second kappa shape index (κ2) is 5.88. The average molecular weight is 340 g/mol. The Morgan fingerprint density at radius 2 is 1.62 bits per heavy atom. The van der Waals surface area contributed by atoms with Crippen LogP contribution in [0.1, 0.15) is 18.5 Å². The molecule has 0 saturated carbocycles. The minimum Gasteiger partial charge on any atom is -0.256 e. The maximum absolute atomic E-state index is 6.31. The molecule has 2 nitrogen and oxygen atoms in total. The Balaban J connectivity index is 2.00. The van der Waals surface area contributed by atoms with Crippen molar-refractivity contribution >= 4 is 46.7 Å². The number of anilines is 1. The summed E-state index contributed by atoms with van der Waals surface area (Å²) in [5.41, 5.74) is 2.00. The van der Waals surface area contributed by atoms with Gasteiger partial charge in [0.05, 0.1) is 16.8 Å². The third kappa shape index (κ3) is 2.89. The molecule has 1 heterocycles. The van der Waals surface area contributed by atoms with Crippen LogP contribution in [0.5, 0.6) is 0 Å². The number of halogens is 3. The Morgan fingerprint density at radius 3 is 2.29 bits per heavy atom. The summed E-state index contributed by atoms with van der Waals surface area (Å²) in [6.45, 7) is 2.13. The summed E-state index contributed by atoms with van der Waals surface area (Å²) in [5, 5.41) is 8.37. The third-order valence-corrected chi connectivity index (χ3v) is 4.35. The lowest BCUT2D eigenvalue weighted by molar-refractivity contribution is 0.592. The highest BCUT2D eigenvalue weighted by molar-refractivity contribution is 6.36. The van der Waals surface area contributed by atoms with Gasteiger partial charge in [0.2, 0.25) is 0 Å². The lowest BCUT2D eigenvalue weighted by Gasteiger charge is -2.27. The van der Waals surface area contributed by atoms with E-state index in [1.165, 1.54) is 0 Å². The molecule has 21 heavy (non-hydrogen) atoms. The van der Waals surface area contributed by atoms with Gasteiger partial charge < -0.3 is 0 Å². The molecule has 2 aromatic rings. The van der Waals surface area contributed by atoms with E-state index < -0.39 is 0 Å². The minimum atomic E-state index is 0.0981. The zero-order chi connectivity index (χ0) is 15.0. The molecule has 108 valence electrons. The summed E-state index contributed by atoms with van der Waals surface area (Å²) < 4.78 is 0. The largest absolute Gasteiger partial charge is 0.256 e. The van der Waals surface area contributed by atoms with E-state index in [0.717, 1.165) is 16.3 Å². The van der Waals surface area contributed by atoms with Gasteiger partial charge in [0.1, 0.15) is 0 Å². The summed E-state index contributed by atoms with van der Waals surface area (Å²) >= 11 is 18.3. The van der Waals surface area contributed by atoms with Gasteiger partial charge in [-0.25, -0.2) is 0 Å². The number of hydrogen-bond donors (Lipinski definition) is 0. The SMILES string of the molecule is C[C@@H]1C=NN(c2ccc(Cl)cc2Cl)[C@@H]1c1ccc(Cl)cc1. The first-order valence-corrected chi connectivity index (χ1v) is 7.73. The molecule has 0 aliphatic carbocycles. The predicted molar refractivity (Wildman–Crippen MR) is 90.8 cm³/mol. The molecule has 0 amide bonds. The van der Waals surface area contributed by atoms with Crippen LogP contribution in [-0.4, -0.2) is 6.21 Å². The molecule has 0 bridgehead atoms. The molecule has 2 atom stereocenters.